The average Bonchev–Trinajstić information content (AvgIpc) is 3.28. The quantitative estimate of drug-likeness (QED) is 0.542. The summed E-state index contributed by atoms with van der Waals surface area (Å²) >= 11 is 0.817. The predicted molar refractivity (Wildman–Crippen MR) is 104 cm³/mol. The Morgan fingerprint density at radius 2 is 2.00 bits per heavy atom. The van der Waals surface area contributed by atoms with Crippen LogP contribution in [0.4, 0.5) is 9.18 Å². The second-order valence-corrected chi connectivity index (χ2v) is 7.13. The molecule has 1 aliphatic heterocycles. The molecular formula is C19H19FN4O3S. The highest BCUT2D eigenvalue weighted by Crippen LogP contribution is 2.32. The number of rotatable bonds is 8. The standard InChI is InChI=1S/C19H19FN4O3S/c20-15-4-2-14(3-5-15)12-16-18(26)24(19(27)28-16)10-6-17(25)22-7-1-9-23-11-8-21-13-23/h2-5,8,11-13H,1,6-7,9-10H2,(H,22,25). The minimum absolute atomic E-state index is 0.0266. The molecule has 0 bridgehead atoms. The fourth-order valence-electron chi connectivity index (χ4n) is 2.61. The molecule has 1 aromatic carbocycles. The Bertz CT molecular complexity index is 881. The largest absolute Gasteiger partial charge is 0.356 e. The second kappa shape index (κ2) is 9.32. The smallest absolute Gasteiger partial charge is 0.293 e. The van der Waals surface area contributed by atoms with E-state index in [1.807, 2.05) is 10.8 Å². The maximum Gasteiger partial charge on any atom is 0.293 e. The van der Waals surface area contributed by atoms with Crippen molar-refractivity contribution in [1.82, 2.24) is 19.8 Å². The van der Waals surface area contributed by atoms with Crippen molar-refractivity contribution in [2.45, 2.75) is 19.4 Å². The van der Waals surface area contributed by atoms with Gasteiger partial charge in [-0.2, -0.15) is 0 Å². The van der Waals surface area contributed by atoms with Gasteiger partial charge in [-0.05, 0) is 42.0 Å². The molecule has 9 heteroatoms. The van der Waals surface area contributed by atoms with Gasteiger partial charge in [0.2, 0.25) is 5.91 Å². The van der Waals surface area contributed by atoms with Gasteiger partial charge in [-0.3, -0.25) is 19.3 Å². The molecule has 2 aromatic rings. The normalized spacial score (nSPS) is 15.5. The number of nitrogens with zero attached hydrogens (tertiary/aromatic N) is 3. The van der Waals surface area contributed by atoms with Gasteiger partial charge in [0, 0.05) is 38.4 Å². The lowest BCUT2D eigenvalue weighted by Crippen LogP contribution is -2.34. The maximum atomic E-state index is 13.0. The summed E-state index contributed by atoms with van der Waals surface area (Å²) in [5.74, 6) is -1.03. The van der Waals surface area contributed by atoms with E-state index in [1.165, 1.54) is 24.3 Å². The lowest BCUT2D eigenvalue weighted by atomic mass is 10.2. The van der Waals surface area contributed by atoms with Crippen molar-refractivity contribution in [2.24, 2.45) is 0 Å². The van der Waals surface area contributed by atoms with Crippen molar-refractivity contribution in [2.75, 3.05) is 13.1 Å². The molecule has 2 heterocycles. The number of hydrogen-bond acceptors (Lipinski definition) is 5. The minimum atomic E-state index is -0.438. The van der Waals surface area contributed by atoms with E-state index in [4.69, 9.17) is 0 Å². The first kappa shape index (κ1) is 19.8. The molecule has 1 aromatic heterocycles. The number of aromatic nitrogens is 2. The van der Waals surface area contributed by atoms with E-state index in [0.29, 0.717) is 12.1 Å². The van der Waals surface area contributed by atoms with Crippen LogP contribution in [0.15, 0.2) is 47.9 Å². The summed E-state index contributed by atoms with van der Waals surface area (Å²) in [5.41, 5.74) is 0.627. The molecule has 0 radical (unpaired) electrons. The van der Waals surface area contributed by atoms with Gasteiger partial charge in [-0.25, -0.2) is 9.37 Å². The highest BCUT2D eigenvalue weighted by molar-refractivity contribution is 8.18. The number of imidazole rings is 1. The molecule has 0 atom stereocenters. The third-order valence-corrected chi connectivity index (χ3v) is 4.99. The first-order chi connectivity index (χ1) is 13.5. The SMILES string of the molecule is O=C(CCN1C(=O)SC(=Cc2ccc(F)cc2)C1=O)NCCCn1ccnc1. The molecular weight excluding hydrogens is 383 g/mol. The Hall–Kier alpha value is -2.94. The van der Waals surface area contributed by atoms with Gasteiger partial charge < -0.3 is 9.88 Å². The number of thioether (sulfide) groups is 1. The summed E-state index contributed by atoms with van der Waals surface area (Å²) in [6, 6.07) is 5.63. The first-order valence-corrected chi connectivity index (χ1v) is 9.58. The molecule has 0 saturated carbocycles. The molecule has 0 spiro atoms. The van der Waals surface area contributed by atoms with Gasteiger partial charge in [0.1, 0.15) is 5.82 Å². The molecule has 0 unspecified atom stereocenters. The summed E-state index contributed by atoms with van der Waals surface area (Å²) in [6.45, 7) is 1.28. The fourth-order valence-corrected chi connectivity index (χ4v) is 3.48. The van der Waals surface area contributed by atoms with Crippen LogP contribution in [0, 0.1) is 5.82 Å². The van der Waals surface area contributed by atoms with Crippen molar-refractivity contribution in [3.8, 4) is 0 Å². The zero-order valence-electron chi connectivity index (χ0n) is 15.0. The van der Waals surface area contributed by atoms with Crippen molar-refractivity contribution < 1.29 is 18.8 Å². The van der Waals surface area contributed by atoms with E-state index in [0.717, 1.165) is 29.6 Å². The Balaban J connectivity index is 1.44. The molecule has 3 amide bonds. The number of nitrogens with one attached hydrogen (secondary N) is 1. The predicted octanol–water partition coefficient (Wildman–Crippen LogP) is 2.66. The zero-order chi connectivity index (χ0) is 19.9. The van der Waals surface area contributed by atoms with Gasteiger partial charge in [-0.15, -0.1) is 0 Å². The highest BCUT2D eigenvalue weighted by Gasteiger charge is 2.34. The van der Waals surface area contributed by atoms with Crippen LogP contribution in [0.25, 0.3) is 6.08 Å². The van der Waals surface area contributed by atoms with E-state index in [9.17, 15) is 18.8 Å². The monoisotopic (exact) mass is 402 g/mol. The number of amides is 3. The van der Waals surface area contributed by atoms with Crippen molar-refractivity contribution in [1.29, 1.82) is 0 Å². The minimum Gasteiger partial charge on any atom is -0.356 e. The van der Waals surface area contributed by atoms with Gasteiger partial charge in [-0.1, -0.05) is 12.1 Å². The molecule has 0 aliphatic carbocycles. The number of carbonyl (C=O) groups excluding carboxylic acids is 3. The molecule has 146 valence electrons. The van der Waals surface area contributed by atoms with Crippen LogP contribution >= 0.6 is 11.8 Å². The highest BCUT2D eigenvalue weighted by atomic mass is 32.2. The van der Waals surface area contributed by atoms with Crippen LogP contribution in [-0.4, -0.2) is 44.6 Å². The molecule has 28 heavy (non-hydrogen) atoms. The van der Waals surface area contributed by atoms with E-state index >= 15 is 0 Å². The van der Waals surface area contributed by atoms with Crippen LogP contribution in [0.2, 0.25) is 0 Å². The lowest BCUT2D eigenvalue weighted by Gasteiger charge is -2.12. The topological polar surface area (TPSA) is 84.3 Å². The molecule has 1 fully saturated rings. The number of aryl methyl sites for hydroxylation is 1. The molecule has 1 aliphatic rings. The Morgan fingerprint density at radius 3 is 2.71 bits per heavy atom. The van der Waals surface area contributed by atoms with Gasteiger partial charge in [0.25, 0.3) is 11.1 Å². The average molecular weight is 402 g/mol. The number of carbonyl (C=O) groups is 3. The molecule has 1 saturated heterocycles. The Labute approximate surface area is 165 Å². The van der Waals surface area contributed by atoms with Gasteiger partial charge >= 0.3 is 0 Å². The van der Waals surface area contributed by atoms with Gasteiger partial charge in [0.15, 0.2) is 0 Å². The number of hydrogen-bond donors (Lipinski definition) is 1. The van der Waals surface area contributed by atoms with Crippen molar-refractivity contribution >= 4 is 34.9 Å². The first-order valence-electron chi connectivity index (χ1n) is 8.76. The number of imide groups is 1. The Morgan fingerprint density at radius 1 is 1.21 bits per heavy atom. The van der Waals surface area contributed by atoms with Crippen molar-refractivity contribution in [3.05, 3.63) is 59.3 Å². The summed E-state index contributed by atoms with van der Waals surface area (Å²) in [5, 5.41) is 2.37. The van der Waals surface area contributed by atoms with Crippen LogP contribution in [-0.2, 0) is 16.1 Å². The summed E-state index contributed by atoms with van der Waals surface area (Å²) in [6.07, 6.45) is 7.60. The molecule has 7 nitrogen and oxygen atoms in total. The van der Waals surface area contributed by atoms with E-state index in [2.05, 4.69) is 10.3 Å². The summed E-state index contributed by atoms with van der Waals surface area (Å²) in [7, 11) is 0. The molecule has 1 N–H and O–H groups in total. The van der Waals surface area contributed by atoms with Crippen LogP contribution < -0.4 is 5.32 Å². The van der Waals surface area contributed by atoms with Crippen LogP contribution in [0.5, 0.6) is 0 Å². The fraction of sp³-hybridized carbons (Fsp3) is 0.263. The third kappa shape index (κ3) is 5.29. The van der Waals surface area contributed by atoms with Crippen LogP contribution in [0.1, 0.15) is 18.4 Å². The summed E-state index contributed by atoms with van der Waals surface area (Å²) in [4.78, 5) is 41.7. The van der Waals surface area contributed by atoms with E-state index in [1.54, 1.807) is 18.6 Å². The number of halogens is 1. The van der Waals surface area contributed by atoms with E-state index in [-0.39, 0.29) is 29.6 Å². The maximum absolute atomic E-state index is 13.0. The third-order valence-electron chi connectivity index (χ3n) is 4.08. The second-order valence-electron chi connectivity index (χ2n) is 6.14. The number of benzene rings is 1. The molecule has 3 rings (SSSR count). The summed E-state index contributed by atoms with van der Waals surface area (Å²) < 4.78 is 14.9. The van der Waals surface area contributed by atoms with Crippen molar-refractivity contribution in [3.63, 3.8) is 0 Å². The zero-order valence-corrected chi connectivity index (χ0v) is 15.8. The van der Waals surface area contributed by atoms with E-state index < -0.39 is 11.1 Å². The lowest BCUT2D eigenvalue weighted by molar-refractivity contribution is -0.124. The van der Waals surface area contributed by atoms with Crippen LogP contribution in [0.3, 0.4) is 0 Å². The van der Waals surface area contributed by atoms with Gasteiger partial charge in [0.05, 0.1) is 11.2 Å². The Kier molecular flexibility index (Phi) is 6.59.